The number of thioether (sulfide) groups is 1. The Kier molecular flexibility index (Phi) is 3.00. The first-order valence-corrected chi connectivity index (χ1v) is 6.01. The molecule has 1 saturated carbocycles. The van der Waals surface area contributed by atoms with Gasteiger partial charge >= 0.3 is 5.97 Å². The Labute approximate surface area is 93.7 Å². The summed E-state index contributed by atoms with van der Waals surface area (Å²) in [5, 5.41) is 9.19. The molecule has 1 aromatic carbocycles. The van der Waals surface area contributed by atoms with Gasteiger partial charge in [-0.05, 0) is 31.9 Å². The fraction of sp³-hybridized carbons (Fsp3) is 0.417. The molecule has 3 heteroatoms. The van der Waals surface area contributed by atoms with Crippen molar-refractivity contribution in [1.82, 2.24) is 0 Å². The summed E-state index contributed by atoms with van der Waals surface area (Å²) in [6.45, 7) is 2.06. The zero-order valence-electron chi connectivity index (χ0n) is 8.64. The second-order valence-electron chi connectivity index (χ2n) is 3.99. The summed E-state index contributed by atoms with van der Waals surface area (Å²) in [6, 6.07) is 8.24. The highest BCUT2D eigenvalue weighted by atomic mass is 32.2. The lowest BCUT2D eigenvalue weighted by Crippen LogP contribution is -2.35. The van der Waals surface area contributed by atoms with E-state index >= 15 is 0 Å². The number of aryl methyl sites for hydroxylation is 1. The number of hydrogen-bond donors (Lipinski definition) is 1. The molecule has 0 heterocycles. The molecule has 0 saturated heterocycles. The number of carbonyl (C=O) groups is 1. The van der Waals surface area contributed by atoms with E-state index in [1.54, 1.807) is 11.8 Å². The molecule has 2 rings (SSSR count). The zero-order chi connectivity index (χ0) is 10.8. The summed E-state index contributed by atoms with van der Waals surface area (Å²) >= 11 is 1.70. The molecule has 1 aliphatic rings. The average Bonchev–Trinajstić information content (AvgIpc) is 2.11. The summed E-state index contributed by atoms with van der Waals surface area (Å²) in [5.74, 6) is -0.790. The zero-order valence-corrected chi connectivity index (χ0v) is 9.46. The summed E-state index contributed by atoms with van der Waals surface area (Å²) in [4.78, 5) is 12.0. The van der Waals surface area contributed by atoms with Gasteiger partial charge in [0.15, 0.2) is 0 Å². The van der Waals surface area contributed by atoms with Gasteiger partial charge in [0.05, 0.1) is 5.92 Å². The molecule has 2 atom stereocenters. The number of carboxylic acids is 1. The molecule has 2 unspecified atom stereocenters. The van der Waals surface area contributed by atoms with Crippen LogP contribution in [-0.4, -0.2) is 16.3 Å². The molecular weight excluding hydrogens is 208 g/mol. The monoisotopic (exact) mass is 222 g/mol. The van der Waals surface area contributed by atoms with Crippen LogP contribution in [0.25, 0.3) is 0 Å². The van der Waals surface area contributed by atoms with Crippen molar-refractivity contribution in [2.75, 3.05) is 0 Å². The molecular formula is C12H14O2S. The van der Waals surface area contributed by atoms with Crippen LogP contribution in [0, 0.1) is 12.8 Å². The maximum Gasteiger partial charge on any atom is 0.307 e. The minimum atomic E-state index is -0.647. The lowest BCUT2D eigenvalue weighted by Gasteiger charge is -2.32. The lowest BCUT2D eigenvalue weighted by molar-refractivity contribution is -0.144. The fourth-order valence-corrected chi connectivity index (χ4v) is 3.19. The Morgan fingerprint density at radius 2 is 2.27 bits per heavy atom. The molecule has 0 amide bonds. The number of aliphatic carboxylic acids is 1. The highest BCUT2D eigenvalue weighted by molar-refractivity contribution is 8.00. The van der Waals surface area contributed by atoms with Gasteiger partial charge < -0.3 is 5.11 Å². The number of benzene rings is 1. The second kappa shape index (κ2) is 4.27. The van der Waals surface area contributed by atoms with Crippen LogP contribution in [0.5, 0.6) is 0 Å². The standard InChI is InChI=1S/C12H14O2S/c1-8-3-2-4-9(7-8)15-11-6-5-10(11)12(13)14/h2-4,7,10-11H,5-6H2,1H3,(H,13,14). The van der Waals surface area contributed by atoms with Crippen LogP contribution in [0.3, 0.4) is 0 Å². The molecule has 0 radical (unpaired) electrons. The van der Waals surface area contributed by atoms with Crippen LogP contribution in [0.1, 0.15) is 18.4 Å². The second-order valence-corrected chi connectivity index (χ2v) is 5.31. The van der Waals surface area contributed by atoms with Crippen molar-refractivity contribution in [3.8, 4) is 0 Å². The van der Waals surface area contributed by atoms with Gasteiger partial charge in [0.25, 0.3) is 0 Å². The molecule has 1 aromatic rings. The van der Waals surface area contributed by atoms with Gasteiger partial charge in [0.1, 0.15) is 0 Å². The van der Waals surface area contributed by atoms with Gasteiger partial charge in [-0.3, -0.25) is 4.79 Å². The van der Waals surface area contributed by atoms with Crippen molar-refractivity contribution >= 4 is 17.7 Å². The molecule has 1 N–H and O–H groups in total. The van der Waals surface area contributed by atoms with E-state index in [4.69, 9.17) is 5.11 Å². The normalized spacial score (nSPS) is 24.6. The van der Waals surface area contributed by atoms with Gasteiger partial charge in [-0.2, -0.15) is 0 Å². The Bertz CT molecular complexity index is 376. The van der Waals surface area contributed by atoms with Gasteiger partial charge in [0.2, 0.25) is 0 Å². The van der Waals surface area contributed by atoms with E-state index in [9.17, 15) is 4.79 Å². The molecule has 1 aliphatic carbocycles. The third-order valence-corrected chi connectivity index (χ3v) is 4.20. The average molecular weight is 222 g/mol. The number of hydrogen-bond acceptors (Lipinski definition) is 2. The quantitative estimate of drug-likeness (QED) is 0.854. The van der Waals surface area contributed by atoms with Crippen LogP contribution < -0.4 is 0 Å². The van der Waals surface area contributed by atoms with Crippen molar-refractivity contribution in [3.05, 3.63) is 29.8 Å². The maximum atomic E-state index is 10.8. The van der Waals surface area contributed by atoms with Crippen LogP contribution >= 0.6 is 11.8 Å². The van der Waals surface area contributed by atoms with Crippen molar-refractivity contribution in [2.24, 2.45) is 5.92 Å². The molecule has 0 spiro atoms. The van der Waals surface area contributed by atoms with Gasteiger partial charge in [-0.1, -0.05) is 17.7 Å². The van der Waals surface area contributed by atoms with E-state index in [0.717, 1.165) is 12.8 Å². The van der Waals surface area contributed by atoms with Crippen LogP contribution in [-0.2, 0) is 4.79 Å². The summed E-state index contributed by atoms with van der Waals surface area (Å²) in [6.07, 6.45) is 1.86. The van der Waals surface area contributed by atoms with E-state index in [-0.39, 0.29) is 11.2 Å². The van der Waals surface area contributed by atoms with Crippen LogP contribution in [0.4, 0.5) is 0 Å². The molecule has 0 aromatic heterocycles. The van der Waals surface area contributed by atoms with Gasteiger partial charge in [-0.15, -0.1) is 11.8 Å². The van der Waals surface area contributed by atoms with E-state index in [0.29, 0.717) is 0 Å². The van der Waals surface area contributed by atoms with Crippen molar-refractivity contribution in [2.45, 2.75) is 29.9 Å². The Morgan fingerprint density at radius 3 is 2.80 bits per heavy atom. The lowest BCUT2D eigenvalue weighted by atomic mass is 9.85. The SMILES string of the molecule is Cc1cccc(SC2CCC2C(=O)O)c1. The van der Waals surface area contributed by atoms with E-state index in [2.05, 4.69) is 25.1 Å². The van der Waals surface area contributed by atoms with Crippen LogP contribution in [0.15, 0.2) is 29.2 Å². The molecule has 15 heavy (non-hydrogen) atoms. The van der Waals surface area contributed by atoms with E-state index in [1.807, 2.05) is 6.07 Å². The fourth-order valence-electron chi connectivity index (χ4n) is 1.76. The van der Waals surface area contributed by atoms with Crippen molar-refractivity contribution in [1.29, 1.82) is 0 Å². The smallest absolute Gasteiger partial charge is 0.307 e. The highest BCUT2D eigenvalue weighted by Gasteiger charge is 2.37. The maximum absolute atomic E-state index is 10.8. The first kappa shape index (κ1) is 10.6. The minimum absolute atomic E-state index is 0.143. The molecule has 80 valence electrons. The Morgan fingerprint density at radius 1 is 1.47 bits per heavy atom. The summed E-state index contributed by atoms with van der Waals surface area (Å²) in [7, 11) is 0. The van der Waals surface area contributed by atoms with Crippen molar-refractivity contribution in [3.63, 3.8) is 0 Å². The first-order chi connectivity index (χ1) is 7.16. The predicted octanol–water partition coefficient (Wildman–Crippen LogP) is 2.95. The Balaban J connectivity index is 2.00. The van der Waals surface area contributed by atoms with E-state index in [1.165, 1.54) is 10.5 Å². The largest absolute Gasteiger partial charge is 0.481 e. The highest BCUT2D eigenvalue weighted by Crippen LogP contribution is 2.41. The minimum Gasteiger partial charge on any atom is -0.481 e. The Hall–Kier alpha value is -0.960. The number of carboxylic acid groups (broad SMARTS) is 1. The van der Waals surface area contributed by atoms with Gasteiger partial charge in [0, 0.05) is 10.1 Å². The molecule has 1 fully saturated rings. The summed E-state index contributed by atoms with van der Waals surface area (Å²) < 4.78 is 0. The number of rotatable bonds is 3. The summed E-state index contributed by atoms with van der Waals surface area (Å²) in [5.41, 5.74) is 1.23. The third kappa shape index (κ3) is 2.34. The van der Waals surface area contributed by atoms with Crippen molar-refractivity contribution < 1.29 is 9.90 Å². The third-order valence-electron chi connectivity index (χ3n) is 2.81. The van der Waals surface area contributed by atoms with Gasteiger partial charge in [-0.25, -0.2) is 0 Å². The van der Waals surface area contributed by atoms with Crippen LogP contribution in [0.2, 0.25) is 0 Å². The topological polar surface area (TPSA) is 37.3 Å². The first-order valence-electron chi connectivity index (χ1n) is 5.13. The van der Waals surface area contributed by atoms with E-state index < -0.39 is 5.97 Å². The predicted molar refractivity (Wildman–Crippen MR) is 61.2 cm³/mol. The molecule has 0 aliphatic heterocycles. The molecule has 2 nitrogen and oxygen atoms in total. The molecule has 0 bridgehead atoms.